The van der Waals surface area contributed by atoms with Crippen LogP contribution in [0.15, 0.2) is 36.7 Å². The van der Waals surface area contributed by atoms with E-state index in [-0.39, 0.29) is 11.9 Å². The van der Waals surface area contributed by atoms with Crippen LogP contribution >= 0.6 is 0 Å². The van der Waals surface area contributed by atoms with Gasteiger partial charge < -0.3 is 9.47 Å². The number of likely N-dealkylation sites (tertiary alicyclic amines) is 1. The SMILES string of the molecule is Cc1cncc(C2CCCN2C(=O)Cn2c(C)nc3ccccc32)n1. The van der Waals surface area contributed by atoms with Gasteiger partial charge in [-0.25, -0.2) is 4.98 Å². The first kappa shape index (κ1) is 15.7. The number of hydrogen-bond acceptors (Lipinski definition) is 4. The molecular weight excluding hydrogens is 314 g/mol. The van der Waals surface area contributed by atoms with E-state index in [2.05, 4.69) is 15.0 Å². The number of fused-ring (bicyclic) bond motifs is 1. The van der Waals surface area contributed by atoms with E-state index in [9.17, 15) is 4.79 Å². The van der Waals surface area contributed by atoms with Gasteiger partial charge in [0.05, 0.1) is 34.7 Å². The van der Waals surface area contributed by atoms with Gasteiger partial charge in [-0.15, -0.1) is 0 Å². The predicted molar refractivity (Wildman–Crippen MR) is 94.9 cm³/mol. The largest absolute Gasteiger partial charge is 0.332 e. The Labute approximate surface area is 146 Å². The molecular formula is C19H21N5O. The van der Waals surface area contributed by atoms with Gasteiger partial charge in [0.25, 0.3) is 0 Å². The van der Waals surface area contributed by atoms with Crippen LogP contribution in [0.2, 0.25) is 0 Å². The molecule has 1 atom stereocenters. The van der Waals surface area contributed by atoms with Crippen LogP contribution < -0.4 is 0 Å². The molecule has 1 fully saturated rings. The minimum Gasteiger partial charge on any atom is -0.332 e. The molecule has 0 spiro atoms. The Hall–Kier alpha value is -2.76. The number of amides is 1. The Morgan fingerprint density at radius 1 is 1.20 bits per heavy atom. The number of benzene rings is 1. The molecule has 1 amide bonds. The molecule has 128 valence electrons. The van der Waals surface area contributed by atoms with Gasteiger partial charge >= 0.3 is 0 Å². The third-order valence-electron chi connectivity index (χ3n) is 4.83. The van der Waals surface area contributed by atoms with Crippen molar-refractivity contribution in [3.8, 4) is 0 Å². The van der Waals surface area contributed by atoms with E-state index in [1.165, 1.54) is 0 Å². The second-order valence-electron chi connectivity index (χ2n) is 6.56. The number of hydrogen-bond donors (Lipinski definition) is 0. The highest BCUT2D eigenvalue weighted by atomic mass is 16.2. The van der Waals surface area contributed by atoms with Crippen LogP contribution in [0.25, 0.3) is 11.0 Å². The highest BCUT2D eigenvalue weighted by Crippen LogP contribution is 2.31. The summed E-state index contributed by atoms with van der Waals surface area (Å²) in [6.07, 6.45) is 5.45. The van der Waals surface area contributed by atoms with E-state index in [0.29, 0.717) is 6.54 Å². The van der Waals surface area contributed by atoms with Crippen LogP contribution in [-0.2, 0) is 11.3 Å². The fourth-order valence-corrected chi connectivity index (χ4v) is 3.64. The van der Waals surface area contributed by atoms with E-state index in [4.69, 9.17) is 0 Å². The lowest BCUT2D eigenvalue weighted by Gasteiger charge is -2.25. The lowest BCUT2D eigenvalue weighted by atomic mass is 10.1. The Morgan fingerprint density at radius 2 is 2.04 bits per heavy atom. The van der Waals surface area contributed by atoms with Crippen molar-refractivity contribution in [1.82, 2.24) is 24.4 Å². The molecule has 0 saturated carbocycles. The van der Waals surface area contributed by atoms with Crippen LogP contribution in [0.1, 0.15) is 36.1 Å². The monoisotopic (exact) mass is 335 g/mol. The molecule has 25 heavy (non-hydrogen) atoms. The summed E-state index contributed by atoms with van der Waals surface area (Å²) in [4.78, 5) is 28.3. The summed E-state index contributed by atoms with van der Waals surface area (Å²) in [6, 6.07) is 7.95. The topological polar surface area (TPSA) is 63.9 Å². The van der Waals surface area contributed by atoms with Crippen LogP contribution in [0.5, 0.6) is 0 Å². The molecule has 6 heteroatoms. The van der Waals surface area contributed by atoms with Crippen molar-refractivity contribution in [1.29, 1.82) is 0 Å². The van der Waals surface area contributed by atoms with Crippen molar-refractivity contribution in [3.63, 3.8) is 0 Å². The molecule has 1 aromatic carbocycles. The summed E-state index contributed by atoms with van der Waals surface area (Å²) in [5.74, 6) is 0.970. The third-order valence-corrected chi connectivity index (χ3v) is 4.83. The second kappa shape index (κ2) is 6.27. The summed E-state index contributed by atoms with van der Waals surface area (Å²) in [5, 5.41) is 0. The maximum Gasteiger partial charge on any atom is 0.243 e. The van der Waals surface area contributed by atoms with Gasteiger partial charge in [0.2, 0.25) is 5.91 Å². The number of nitrogens with zero attached hydrogens (tertiary/aromatic N) is 5. The molecule has 0 bridgehead atoms. The maximum absolute atomic E-state index is 13.0. The molecule has 0 radical (unpaired) electrons. The normalized spacial score (nSPS) is 17.4. The summed E-state index contributed by atoms with van der Waals surface area (Å²) >= 11 is 0. The number of imidazole rings is 1. The Morgan fingerprint density at radius 3 is 2.88 bits per heavy atom. The zero-order chi connectivity index (χ0) is 17.4. The Bertz CT molecular complexity index is 932. The number of para-hydroxylation sites is 2. The minimum atomic E-state index is 0.0231. The van der Waals surface area contributed by atoms with E-state index >= 15 is 0 Å². The lowest BCUT2D eigenvalue weighted by molar-refractivity contribution is -0.132. The third kappa shape index (κ3) is 2.88. The van der Waals surface area contributed by atoms with Crippen LogP contribution in [-0.4, -0.2) is 36.9 Å². The Kier molecular flexibility index (Phi) is 3.95. The molecule has 6 nitrogen and oxygen atoms in total. The van der Waals surface area contributed by atoms with Crippen LogP contribution in [0.3, 0.4) is 0 Å². The average molecular weight is 335 g/mol. The van der Waals surface area contributed by atoms with E-state index in [1.807, 2.05) is 47.6 Å². The van der Waals surface area contributed by atoms with Crippen molar-refractivity contribution in [2.75, 3.05) is 6.54 Å². The van der Waals surface area contributed by atoms with Gasteiger partial charge in [-0.05, 0) is 38.8 Å². The smallest absolute Gasteiger partial charge is 0.243 e. The van der Waals surface area contributed by atoms with E-state index in [1.54, 1.807) is 12.4 Å². The summed E-state index contributed by atoms with van der Waals surface area (Å²) in [5.41, 5.74) is 3.70. The molecule has 0 N–H and O–H groups in total. The standard InChI is InChI=1S/C19H21N5O/c1-13-10-20-11-16(21-13)18-8-5-9-23(18)19(25)12-24-14(2)22-15-6-3-4-7-17(15)24/h3-4,6-7,10-11,18H,5,8-9,12H2,1-2H3. The maximum atomic E-state index is 13.0. The summed E-state index contributed by atoms with van der Waals surface area (Å²) < 4.78 is 2.00. The second-order valence-corrected chi connectivity index (χ2v) is 6.56. The summed E-state index contributed by atoms with van der Waals surface area (Å²) in [7, 11) is 0. The van der Waals surface area contributed by atoms with Crippen molar-refractivity contribution in [2.45, 2.75) is 39.3 Å². The fourth-order valence-electron chi connectivity index (χ4n) is 3.64. The highest BCUT2D eigenvalue weighted by Gasteiger charge is 2.31. The van der Waals surface area contributed by atoms with Crippen molar-refractivity contribution < 1.29 is 4.79 Å². The molecule has 1 unspecified atom stereocenters. The molecule has 1 aliphatic rings. The number of aryl methyl sites for hydroxylation is 2. The zero-order valence-electron chi connectivity index (χ0n) is 14.5. The highest BCUT2D eigenvalue weighted by molar-refractivity contribution is 5.81. The number of aromatic nitrogens is 4. The van der Waals surface area contributed by atoms with Crippen molar-refractivity contribution in [3.05, 3.63) is 53.9 Å². The molecule has 0 aliphatic carbocycles. The first-order valence-electron chi connectivity index (χ1n) is 8.63. The zero-order valence-corrected chi connectivity index (χ0v) is 14.5. The van der Waals surface area contributed by atoms with Gasteiger partial charge in [0.1, 0.15) is 12.4 Å². The van der Waals surface area contributed by atoms with Gasteiger partial charge in [-0.2, -0.15) is 0 Å². The van der Waals surface area contributed by atoms with E-state index in [0.717, 1.165) is 47.6 Å². The van der Waals surface area contributed by atoms with Crippen LogP contribution in [0.4, 0.5) is 0 Å². The van der Waals surface area contributed by atoms with Crippen molar-refractivity contribution in [2.24, 2.45) is 0 Å². The molecule has 3 heterocycles. The number of carbonyl (C=O) groups excluding carboxylic acids is 1. The van der Waals surface area contributed by atoms with Gasteiger partial charge in [0.15, 0.2) is 0 Å². The van der Waals surface area contributed by atoms with Gasteiger partial charge in [0, 0.05) is 12.7 Å². The minimum absolute atomic E-state index is 0.0231. The first-order chi connectivity index (χ1) is 12.1. The average Bonchev–Trinajstić information content (AvgIpc) is 3.20. The van der Waals surface area contributed by atoms with Gasteiger partial charge in [-0.1, -0.05) is 12.1 Å². The molecule has 2 aromatic heterocycles. The number of rotatable bonds is 3. The molecule has 1 saturated heterocycles. The predicted octanol–water partition coefficient (Wildman–Crippen LogP) is 2.81. The van der Waals surface area contributed by atoms with Crippen molar-refractivity contribution >= 4 is 16.9 Å². The summed E-state index contributed by atoms with van der Waals surface area (Å²) in [6.45, 7) is 4.95. The van der Waals surface area contributed by atoms with Gasteiger partial charge in [-0.3, -0.25) is 14.8 Å². The lowest BCUT2D eigenvalue weighted by Crippen LogP contribution is -2.34. The first-order valence-corrected chi connectivity index (χ1v) is 8.63. The Balaban J connectivity index is 1.60. The fraction of sp³-hybridized carbons (Fsp3) is 0.368. The molecule has 1 aliphatic heterocycles. The van der Waals surface area contributed by atoms with Crippen LogP contribution in [0, 0.1) is 13.8 Å². The number of carbonyl (C=O) groups is 1. The molecule has 4 rings (SSSR count). The molecule has 3 aromatic rings. The quantitative estimate of drug-likeness (QED) is 0.738. The van der Waals surface area contributed by atoms with E-state index < -0.39 is 0 Å².